The van der Waals surface area contributed by atoms with Crippen molar-refractivity contribution in [3.05, 3.63) is 108 Å². The molecule has 0 radical (unpaired) electrons. The monoisotopic (exact) mass is 446 g/mol. The summed E-state index contributed by atoms with van der Waals surface area (Å²) in [4.78, 5) is 12.3. The van der Waals surface area contributed by atoms with Crippen LogP contribution >= 0.6 is 11.8 Å². The van der Waals surface area contributed by atoms with Crippen LogP contribution in [0.15, 0.2) is 91.0 Å². The molecule has 0 N–H and O–H groups in total. The van der Waals surface area contributed by atoms with E-state index in [1.165, 1.54) is 11.1 Å². The molecule has 4 nitrogen and oxygen atoms in total. The molecule has 2 fully saturated rings. The van der Waals surface area contributed by atoms with E-state index in [1.54, 1.807) is 12.1 Å². The van der Waals surface area contributed by atoms with Gasteiger partial charge >= 0.3 is 5.97 Å². The summed E-state index contributed by atoms with van der Waals surface area (Å²) in [6, 6.07) is 30.1. The zero-order valence-electron chi connectivity index (χ0n) is 17.8. The van der Waals surface area contributed by atoms with Crippen molar-refractivity contribution >= 4 is 17.7 Å². The van der Waals surface area contributed by atoms with Gasteiger partial charge in [-0.2, -0.15) is 0 Å². The molecule has 0 aromatic heterocycles. The van der Waals surface area contributed by atoms with Gasteiger partial charge in [0.15, 0.2) is 5.79 Å². The van der Waals surface area contributed by atoms with Crippen molar-refractivity contribution in [2.75, 3.05) is 13.2 Å². The minimum absolute atomic E-state index is 0.189. The summed E-state index contributed by atoms with van der Waals surface area (Å²) in [6.45, 7) is 0.615. The molecular formula is C27H26O4S. The third-order valence-electron chi connectivity index (χ3n) is 5.99. The van der Waals surface area contributed by atoms with Gasteiger partial charge in [0.2, 0.25) is 0 Å². The lowest BCUT2D eigenvalue weighted by molar-refractivity contribution is -0.183. The molecule has 0 aliphatic carbocycles. The molecule has 3 unspecified atom stereocenters. The number of benzene rings is 3. The summed E-state index contributed by atoms with van der Waals surface area (Å²) in [5, 5.41) is 0.529. The van der Waals surface area contributed by atoms with E-state index in [-0.39, 0.29) is 29.2 Å². The van der Waals surface area contributed by atoms with Gasteiger partial charge in [0, 0.05) is 23.3 Å². The molecule has 5 heteroatoms. The predicted molar refractivity (Wildman–Crippen MR) is 125 cm³/mol. The van der Waals surface area contributed by atoms with Crippen molar-refractivity contribution in [3.63, 3.8) is 0 Å². The number of ether oxygens (including phenoxy) is 3. The Morgan fingerprint density at radius 1 is 0.844 bits per heavy atom. The lowest BCUT2D eigenvalue weighted by Gasteiger charge is -2.41. The van der Waals surface area contributed by atoms with Crippen molar-refractivity contribution < 1.29 is 19.0 Å². The zero-order chi connectivity index (χ0) is 21.8. The highest BCUT2D eigenvalue weighted by atomic mass is 32.2. The van der Waals surface area contributed by atoms with Crippen LogP contribution in [0.25, 0.3) is 0 Å². The van der Waals surface area contributed by atoms with Crippen LogP contribution in [0.4, 0.5) is 0 Å². The standard InChI is InChI=1S/C27H26O4S/c28-26(22-14-8-3-9-15-22)29-18-23-19-30-27(31-23)16-24(20-10-4-1-5-11-20)32-25(17-27)21-12-6-2-7-13-21/h1-15,23-25H,16-19H2. The van der Waals surface area contributed by atoms with Crippen LogP contribution in [-0.4, -0.2) is 31.1 Å². The highest BCUT2D eigenvalue weighted by Crippen LogP contribution is 2.56. The number of carbonyl (C=O) groups excluding carboxylic acids is 1. The fourth-order valence-electron chi connectivity index (χ4n) is 4.41. The van der Waals surface area contributed by atoms with Gasteiger partial charge < -0.3 is 14.2 Å². The molecular weight excluding hydrogens is 420 g/mol. The number of carbonyl (C=O) groups is 1. The number of rotatable bonds is 5. The topological polar surface area (TPSA) is 44.8 Å². The molecule has 3 aromatic rings. The van der Waals surface area contributed by atoms with E-state index in [4.69, 9.17) is 14.2 Å². The van der Waals surface area contributed by atoms with Gasteiger partial charge in [-0.15, -0.1) is 11.8 Å². The van der Waals surface area contributed by atoms with Crippen LogP contribution in [-0.2, 0) is 14.2 Å². The van der Waals surface area contributed by atoms with E-state index < -0.39 is 5.79 Å². The first-order valence-corrected chi connectivity index (χ1v) is 11.9. The maximum absolute atomic E-state index is 12.3. The normalized spacial score (nSPS) is 27.3. The van der Waals surface area contributed by atoms with Gasteiger partial charge in [-0.25, -0.2) is 4.79 Å². The van der Waals surface area contributed by atoms with Gasteiger partial charge in [-0.05, 0) is 23.3 Å². The number of thioether (sulfide) groups is 1. The zero-order valence-corrected chi connectivity index (χ0v) is 18.6. The molecule has 2 heterocycles. The Kier molecular flexibility index (Phi) is 6.30. The Hall–Kier alpha value is -2.60. The molecule has 32 heavy (non-hydrogen) atoms. The highest BCUT2D eigenvalue weighted by molar-refractivity contribution is 7.99. The summed E-state index contributed by atoms with van der Waals surface area (Å²) in [5.41, 5.74) is 3.11. The van der Waals surface area contributed by atoms with Crippen molar-refractivity contribution in [1.29, 1.82) is 0 Å². The summed E-state index contributed by atoms with van der Waals surface area (Å²) >= 11 is 1.97. The van der Waals surface area contributed by atoms with Gasteiger partial charge in [0.1, 0.15) is 12.7 Å². The van der Waals surface area contributed by atoms with Crippen LogP contribution < -0.4 is 0 Å². The molecule has 0 saturated carbocycles. The molecule has 0 amide bonds. The van der Waals surface area contributed by atoms with Crippen molar-refractivity contribution in [2.45, 2.75) is 35.2 Å². The molecule has 3 aromatic carbocycles. The average molecular weight is 447 g/mol. The third kappa shape index (κ3) is 4.75. The van der Waals surface area contributed by atoms with Gasteiger partial charge in [-0.3, -0.25) is 0 Å². The van der Waals surface area contributed by atoms with Gasteiger partial charge in [-0.1, -0.05) is 78.9 Å². The lowest BCUT2D eigenvalue weighted by atomic mass is 9.96. The molecule has 1 spiro atoms. The van der Waals surface area contributed by atoms with E-state index >= 15 is 0 Å². The van der Waals surface area contributed by atoms with E-state index in [9.17, 15) is 4.79 Å². The van der Waals surface area contributed by atoms with Crippen LogP contribution in [0.2, 0.25) is 0 Å². The van der Waals surface area contributed by atoms with E-state index in [2.05, 4.69) is 48.5 Å². The smallest absolute Gasteiger partial charge is 0.338 e. The van der Waals surface area contributed by atoms with Crippen LogP contribution in [0.5, 0.6) is 0 Å². The number of esters is 1. The summed E-state index contributed by atoms with van der Waals surface area (Å²) in [7, 11) is 0. The second-order valence-electron chi connectivity index (χ2n) is 8.27. The predicted octanol–water partition coefficient (Wildman–Crippen LogP) is 5.96. The summed E-state index contributed by atoms with van der Waals surface area (Å²) in [5.74, 6) is -1.01. The minimum Gasteiger partial charge on any atom is -0.459 e. The Morgan fingerprint density at radius 3 is 1.94 bits per heavy atom. The Bertz CT molecular complexity index is 978. The van der Waals surface area contributed by atoms with Crippen molar-refractivity contribution in [2.24, 2.45) is 0 Å². The molecule has 5 rings (SSSR count). The Morgan fingerprint density at radius 2 is 1.38 bits per heavy atom. The fraction of sp³-hybridized carbons (Fsp3) is 0.296. The number of hydrogen-bond acceptors (Lipinski definition) is 5. The second kappa shape index (κ2) is 9.49. The molecule has 2 saturated heterocycles. The highest BCUT2D eigenvalue weighted by Gasteiger charge is 2.49. The number of hydrogen-bond donors (Lipinski definition) is 0. The largest absolute Gasteiger partial charge is 0.459 e. The SMILES string of the molecule is O=C(OCC1COC2(CC(c3ccccc3)SC(c3ccccc3)C2)O1)c1ccccc1. The van der Waals surface area contributed by atoms with Crippen molar-refractivity contribution in [3.8, 4) is 0 Å². The average Bonchev–Trinajstić information content (AvgIpc) is 3.25. The van der Waals surface area contributed by atoms with Crippen LogP contribution in [0, 0.1) is 0 Å². The maximum Gasteiger partial charge on any atom is 0.338 e. The van der Waals surface area contributed by atoms with Gasteiger partial charge in [0.05, 0.1) is 12.2 Å². The first kappa shape index (κ1) is 21.3. The fourth-order valence-corrected chi connectivity index (χ4v) is 6.14. The van der Waals surface area contributed by atoms with Gasteiger partial charge in [0.25, 0.3) is 0 Å². The minimum atomic E-state index is -0.671. The second-order valence-corrected chi connectivity index (χ2v) is 9.68. The molecule has 0 bridgehead atoms. The van der Waals surface area contributed by atoms with E-state index in [0.29, 0.717) is 12.2 Å². The Balaban J connectivity index is 1.30. The third-order valence-corrected chi connectivity index (χ3v) is 7.52. The molecule has 2 aliphatic heterocycles. The molecule has 164 valence electrons. The van der Waals surface area contributed by atoms with Crippen LogP contribution in [0.1, 0.15) is 44.8 Å². The van der Waals surface area contributed by atoms with E-state index in [0.717, 1.165) is 12.8 Å². The van der Waals surface area contributed by atoms with Crippen molar-refractivity contribution in [1.82, 2.24) is 0 Å². The quantitative estimate of drug-likeness (QED) is 0.452. The summed E-state index contributed by atoms with van der Waals surface area (Å²) < 4.78 is 18.3. The molecule has 2 aliphatic rings. The Labute approximate surface area is 192 Å². The summed E-state index contributed by atoms with van der Waals surface area (Å²) in [6.07, 6.45) is 1.28. The first-order chi connectivity index (χ1) is 15.7. The lowest BCUT2D eigenvalue weighted by Crippen LogP contribution is -2.38. The maximum atomic E-state index is 12.3. The van der Waals surface area contributed by atoms with E-state index in [1.807, 2.05) is 42.1 Å². The van der Waals surface area contributed by atoms with Crippen LogP contribution in [0.3, 0.4) is 0 Å². The first-order valence-electron chi connectivity index (χ1n) is 11.0. The molecule has 3 atom stereocenters.